The number of sulfonamides is 1. The number of nitrogens with two attached hydrogens (primary N) is 1. The van der Waals surface area contributed by atoms with Crippen LogP contribution in [0.2, 0.25) is 5.02 Å². The molecule has 0 aliphatic carbocycles. The Kier molecular flexibility index (Phi) is 4.40. The van der Waals surface area contributed by atoms with Crippen LogP contribution >= 0.6 is 11.6 Å². The van der Waals surface area contributed by atoms with E-state index >= 15 is 0 Å². The van der Waals surface area contributed by atoms with E-state index in [1.165, 1.54) is 13.2 Å². The lowest BCUT2D eigenvalue weighted by atomic mass is 10.3. The van der Waals surface area contributed by atoms with Crippen LogP contribution in [-0.4, -0.2) is 25.7 Å². The molecule has 0 atom stereocenters. The van der Waals surface area contributed by atoms with Crippen molar-refractivity contribution in [3.05, 3.63) is 34.6 Å². The van der Waals surface area contributed by atoms with Gasteiger partial charge in [0.15, 0.2) is 0 Å². The van der Waals surface area contributed by atoms with Crippen molar-refractivity contribution in [2.45, 2.75) is 18.4 Å². The fraction of sp³-hybridized carbons (Fsp3) is 0.250. The molecule has 0 aliphatic rings. The van der Waals surface area contributed by atoms with Crippen LogP contribution in [0, 0.1) is 6.92 Å². The van der Waals surface area contributed by atoms with E-state index in [-0.39, 0.29) is 17.1 Å². The number of aromatic nitrogens is 2. The summed E-state index contributed by atoms with van der Waals surface area (Å²) in [4.78, 5) is 0.0527. The number of H-pyrrole nitrogens is 1. The minimum atomic E-state index is -3.80. The first-order valence-corrected chi connectivity index (χ1v) is 7.85. The molecule has 0 aliphatic heterocycles. The lowest BCUT2D eigenvalue weighted by Gasteiger charge is -2.10. The first kappa shape index (κ1) is 15.6. The summed E-state index contributed by atoms with van der Waals surface area (Å²) in [6.45, 7) is 1.63. The van der Waals surface area contributed by atoms with E-state index in [0.717, 1.165) is 0 Å². The van der Waals surface area contributed by atoms with Gasteiger partial charge in [0, 0.05) is 6.54 Å². The first-order valence-electron chi connectivity index (χ1n) is 5.99. The van der Waals surface area contributed by atoms with Crippen molar-refractivity contribution in [3.8, 4) is 5.75 Å². The van der Waals surface area contributed by atoms with E-state index in [1.54, 1.807) is 19.1 Å². The van der Waals surface area contributed by atoms with Crippen molar-refractivity contribution in [1.82, 2.24) is 10.2 Å². The zero-order valence-corrected chi connectivity index (χ0v) is 13.0. The van der Waals surface area contributed by atoms with Crippen LogP contribution in [-0.2, 0) is 16.6 Å². The van der Waals surface area contributed by atoms with Crippen LogP contribution in [0.3, 0.4) is 0 Å². The second-order valence-corrected chi connectivity index (χ2v) is 6.31. The number of benzene rings is 1. The number of nitrogens with one attached hydrogen (secondary N) is 2. The number of aromatic amines is 1. The molecule has 114 valence electrons. The molecule has 0 spiro atoms. The molecule has 9 heteroatoms. The Hall–Kier alpha value is -1.77. The molecule has 1 aromatic heterocycles. The smallest absolute Gasteiger partial charge is 0.265 e. The summed E-state index contributed by atoms with van der Waals surface area (Å²) in [5, 5.41) is 6.79. The van der Waals surface area contributed by atoms with Gasteiger partial charge in [-0.15, -0.1) is 0 Å². The lowest BCUT2D eigenvalue weighted by molar-refractivity contribution is 0.415. The van der Waals surface area contributed by atoms with Gasteiger partial charge in [0.05, 0.1) is 29.2 Å². The number of aryl methyl sites for hydroxylation is 1. The zero-order chi connectivity index (χ0) is 15.6. The quantitative estimate of drug-likeness (QED) is 0.772. The number of hydrogen-bond donors (Lipinski definition) is 3. The molecule has 2 rings (SSSR count). The summed E-state index contributed by atoms with van der Waals surface area (Å²) in [5.41, 5.74) is 6.52. The third kappa shape index (κ3) is 3.12. The average molecular weight is 331 g/mol. The van der Waals surface area contributed by atoms with Gasteiger partial charge in [-0.05, 0) is 25.1 Å². The van der Waals surface area contributed by atoms with Crippen LogP contribution in [0.1, 0.15) is 11.4 Å². The Balaban J connectivity index is 2.37. The molecule has 7 nitrogen and oxygen atoms in total. The molecule has 1 aromatic carbocycles. The van der Waals surface area contributed by atoms with Crippen molar-refractivity contribution >= 4 is 27.3 Å². The average Bonchev–Trinajstić information content (AvgIpc) is 2.80. The van der Waals surface area contributed by atoms with E-state index in [1.807, 2.05) is 0 Å². The van der Waals surface area contributed by atoms with Crippen LogP contribution < -0.4 is 15.2 Å². The van der Waals surface area contributed by atoms with Crippen molar-refractivity contribution in [3.63, 3.8) is 0 Å². The highest BCUT2D eigenvalue weighted by Crippen LogP contribution is 2.29. The number of nitrogens with zero attached hydrogens (tertiary/aromatic N) is 1. The number of anilines is 1. The SMILES string of the molecule is COc1ccc(NS(=O)(=O)c2c(CN)n[nH]c2C)cc1Cl. The summed E-state index contributed by atoms with van der Waals surface area (Å²) >= 11 is 5.97. The van der Waals surface area contributed by atoms with Crippen molar-refractivity contribution < 1.29 is 13.2 Å². The van der Waals surface area contributed by atoms with Crippen LogP contribution in [0.4, 0.5) is 5.69 Å². The largest absolute Gasteiger partial charge is 0.495 e. The normalized spacial score (nSPS) is 11.4. The van der Waals surface area contributed by atoms with Gasteiger partial charge in [0.1, 0.15) is 10.6 Å². The van der Waals surface area contributed by atoms with Crippen molar-refractivity contribution in [2.24, 2.45) is 5.73 Å². The van der Waals surface area contributed by atoms with Gasteiger partial charge in [-0.1, -0.05) is 11.6 Å². The van der Waals surface area contributed by atoms with Crippen molar-refractivity contribution in [1.29, 1.82) is 0 Å². The number of rotatable bonds is 5. The standard InChI is InChI=1S/C12H15ClN4O3S/c1-7-12(10(6-14)16-15-7)21(18,19)17-8-3-4-11(20-2)9(13)5-8/h3-5,17H,6,14H2,1-2H3,(H,15,16). The fourth-order valence-corrected chi connectivity index (χ4v) is 3.59. The molecule has 21 heavy (non-hydrogen) atoms. The molecule has 0 amide bonds. The van der Waals surface area contributed by atoms with E-state index in [9.17, 15) is 8.42 Å². The molecule has 0 saturated carbocycles. The van der Waals surface area contributed by atoms with Gasteiger partial charge in [-0.3, -0.25) is 9.82 Å². The molecule has 0 saturated heterocycles. The van der Waals surface area contributed by atoms with Gasteiger partial charge in [-0.2, -0.15) is 5.10 Å². The second-order valence-electron chi connectivity index (χ2n) is 4.28. The number of ether oxygens (including phenoxy) is 1. The number of hydrogen-bond acceptors (Lipinski definition) is 5. The monoisotopic (exact) mass is 330 g/mol. The third-order valence-corrected chi connectivity index (χ3v) is 4.71. The van der Waals surface area contributed by atoms with Gasteiger partial charge in [-0.25, -0.2) is 8.42 Å². The topological polar surface area (TPSA) is 110 Å². The molecule has 4 N–H and O–H groups in total. The molecular formula is C12H15ClN4O3S. The molecule has 0 radical (unpaired) electrons. The van der Waals surface area contributed by atoms with Gasteiger partial charge < -0.3 is 10.5 Å². The molecule has 0 unspecified atom stereocenters. The Bertz CT molecular complexity index is 758. The highest BCUT2D eigenvalue weighted by atomic mass is 35.5. The summed E-state index contributed by atoms with van der Waals surface area (Å²) in [6.07, 6.45) is 0. The molecule has 0 bridgehead atoms. The number of methoxy groups -OCH3 is 1. The van der Waals surface area contributed by atoms with Crippen LogP contribution in [0.15, 0.2) is 23.1 Å². The third-order valence-electron chi connectivity index (χ3n) is 2.83. The zero-order valence-electron chi connectivity index (χ0n) is 11.5. The molecule has 1 heterocycles. The fourth-order valence-electron chi connectivity index (χ4n) is 1.90. The maximum absolute atomic E-state index is 12.4. The van der Waals surface area contributed by atoms with Gasteiger partial charge >= 0.3 is 0 Å². The van der Waals surface area contributed by atoms with E-state index < -0.39 is 10.0 Å². The molecule has 0 fully saturated rings. The highest BCUT2D eigenvalue weighted by molar-refractivity contribution is 7.92. The highest BCUT2D eigenvalue weighted by Gasteiger charge is 2.24. The molecule has 2 aromatic rings. The number of halogens is 1. The Labute approximate surface area is 127 Å². The van der Waals surface area contributed by atoms with Crippen LogP contribution in [0.5, 0.6) is 5.75 Å². The Morgan fingerprint density at radius 2 is 2.19 bits per heavy atom. The Morgan fingerprint density at radius 1 is 1.48 bits per heavy atom. The van der Waals surface area contributed by atoms with Gasteiger partial charge in [0.2, 0.25) is 0 Å². The van der Waals surface area contributed by atoms with E-state index in [4.69, 9.17) is 22.1 Å². The van der Waals surface area contributed by atoms with Crippen LogP contribution in [0.25, 0.3) is 0 Å². The predicted octanol–water partition coefficient (Wildman–Crippen LogP) is 1.64. The first-order chi connectivity index (χ1) is 9.89. The summed E-state index contributed by atoms with van der Waals surface area (Å²) < 4.78 is 32.3. The maximum Gasteiger partial charge on any atom is 0.265 e. The predicted molar refractivity (Wildman–Crippen MR) is 80.0 cm³/mol. The molecular weight excluding hydrogens is 316 g/mol. The van der Waals surface area contributed by atoms with E-state index in [0.29, 0.717) is 22.2 Å². The minimum Gasteiger partial charge on any atom is -0.495 e. The summed E-state index contributed by atoms with van der Waals surface area (Å²) in [7, 11) is -2.32. The summed E-state index contributed by atoms with van der Waals surface area (Å²) in [6, 6.07) is 4.60. The van der Waals surface area contributed by atoms with E-state index in [2.05, 4.69) is 14.9 Å². The minimum absolute atomic E-state index is 0.0178. The lowest BCUT2D eigenvalue weighted by Crippen LogP contribution is -2.16. The Morgan fingerprint density at radius 3 is 2.76 bits per heavy atom. The second kappa shape index (κ2) is 5.92. The maximum atomic E-state index is 12.4. The van der Waals surface area contributed by atoms with Crippen molar-refractivity contribution in [2.75, 3.05) is 11.8 Å². The summed E-state index contributed by atoms with van der Waals surface area (Å²) in [5.74, 6) is 0.460. The van der Waals surface area contributed by atoms with Gasteiger partial charge in [0.25, 0.3) is 10.0 Å².